The van der Waals surface area contributed by atoms with Crippen molar-refractivity contribution < 1.29 is 4.42 Å². The minimum Gasteiger partial charge on any atom is -0.459 e. The van der Waals surface area contributed by atoms with Crippen LogP contribution in [-0.2, 0) is 6.42 Å². The maximum atomic E-state index is 5.52. The second kappa shape index (κ2) is 4.59. The monoisotopic (exact) mass is 222 g/mol. The molecule has 3 nitrogen and oxygen atoms in total. The zero-order chi connectivity index (χ0) is 10.7. The van der Waals surface area contributed by atoms with Crippen molar-refractivity contribution in [2.75, 3.05) is 13.6 Å². The minimum absolute atomic E-state index is 0.869. The number of likely N-dealkylation sites (N-methyl/N-ethyl adjacent to an activating group) is 1. The van der Waals surface area contributed by atoms with E-state index in [1.54, 1.807) is 11.3 Å². The van der Waals surface area contributed by atoms with Crippen LogP contribution in [0.5, 0.6) is 0 Å². The van der Waals surface area contributed by atoms with Crippen molar-refractivity contribution in [3.63, 3.8) is 0 Å². The molecule has 0 aliphatic heterocycles. The summed E-state index contributed by atoms with van der Waals surface area (Å²) < 4.78 is 5.52. The predicted octanol–water partition coefficient (Wildman–Crippen LogP) is 2.47. The van der Waals surface area contributed by atoms with Crippen LogP contribution in [0.15, 0.2) is 21.9 Å². The Morgan fingerprint density at radius 3 is 3.00 bits per heavy atom. The summed E-state index contributed by atoms with van der Waals surface area (Å²) >= 11 is 1.63. The highest BCUT2D eigenvalue weighted by atomic mass is 32.1. The lowest BCUT2D eigenvalue weighted by Crippen LogP contribution is -2.10. The number of aromatic nitrogens is 1. The van der Waals surface area contributed by atoms with Crippen LogP contribution in [-0.4, -0.2) is 18.6 Å². The van der Waals surface area contributed by atoms with E-state index in [-0.39, 0.29) is 0 Å². The van der Waals surface area contributed by atoms with Gasteiger partial charge in [-0.25, -0.2) is 4.98 Å². The van der Waals surface area contributed by atoms with Crippen molar-refractivity contribution >= 4 is 11.3 Å². The molecule has 0 fully saturated rings. The Balaban J connectivity index is 2.13. The fourth-order valence-corrected chi connectivity index (χ4v) is 2.15. The van der Waals surface area contributed by atoms with Crippen LogP contribution < -0.4 is 5.32 Å². The van der Waals surface area contributed by atoms with Crippen molar-refractivity contribution in [2.24, 2.45) is 0 Å². The molecule has 2 rings (SSSR count). The first-order chi connectivity index (χ1) is 7.29. The van der Waals surface area contributed by atoms with Crippen LogP contribution in [0, 0.1) is 6.92 Å². The fraction of sp³-hybridized carbons (Fsp3) is 0.364. The van der Waals surface area contributed by atoms with Gasteiger partial charge in [-0.3, -0.25) is 0 Å². The Kier molecular flexibility index (Phi) is 3.18. The highest BCUT2D eigenvalue weighted by molar-refractivity contribution is 7.13. The van der Waals surface area contributed by atoms with Crippen LogP contribution in [0.1, 0.15) is 11.5 Å². The Morgan fingerprint density at radius 1 is 1.47 bits per heavy atom. The van der Waals surface area contributed by atoms with Crippen LogP contribution >= 0.6 is 11.3 Å². The van der Waals surface area contributed by atoms with Crippen molar-refractivity contribution in [2.45, 2.75) is 13.3 Å². The molecule has 0 saturated heterocycles. The molecule has 0 aliphatic carbocycles. The van der Waals surface area contributed by atoms with Gasteiger partial charge in [-0.15, -0.1) is 11.3 Å². The molecule has 0 spiro atoms. The Bertz CT molecular complexity index is 433. The average molecular weight is 222 g/mol. The number of hydrogen-bond acceptors (Lipinski definition) is 4. The smallest absolute Gasteiger partial charge is 0.162 e. The van der Waals surface area contributed by atoms with Gasteiger partial charge in [-0.05, 0) is 26.1 Å². The van der Waals surface area contributed by atoms with E-state index < -0.39 is 0 Å². The van der Waals surface area contributed by atoms with E-state index in [0.29, 0.717) is 0 Å². The molecule has 0 unspecified atom stereocenters. The molecule has 0 radical (unpaired) electrons. The summed E-state index contributed by atoms with van der Waals surface area (Å²) in [6, 6.07) is 3.93. The number of thiazole rings is 1. The number of nitrogens with one attached hydrogen (secondary N) is 1. The van der Waals surface area contributed by atoms with Crippen LogP contribution in [0.3, 0.4) is 0 Å². The van der Waals surface area contributed by atoms with Crippen molar-refractivity contribution in [3.8, 4) is 10.8 Å². The Hall–Kier alpha value is -1.13. The topological polar surface area (TPSA) is 38.1 Å². The summed E-state index contributed by atoms with van der Waals surface area (Å²) in [7, 11) is 1.95. The first kappa shape index (κ1) is 10.4. The number of hydrogen-bond donors (Lipinski definition) is 1. The number of aryl methyl sites for hydroxylation is 1. The zero-order valence-corrected chi connectivity index (χ0v) is 9.73. The predicted molar refractivity (Wildman–Crippen MR) is 62.2 cm³/mol. The van der Waals surface area contributed by atoms with E-state index in [1.807, 2.05) is 26.1 Å². The maximum Gasteiger partial charge on any atom is 0.162 e. The normalized spacial score (nSPS) is 10.8. The van der Waals surface area contributed by atoms with Crippen molar-refractivity contribution in [1.29, 1.82) is 0 Å². The summed E-state index contributed by atoms with van der Waals surface area (Å²) in [5.41, 5.74) is 1.12. The van der Waals surface area contributed by atoms with Crippen LogP contribution in [0.25, 0.3) is 10.8 Å². The summed E-state index contributed by atoms with van der Waals surface area (Å²) in [5, 5.41) is 6.17. The SMILES string of the molecule is CNCCc1csc(-c2ccc(C)o2)n1. The summed E-state index contributed by atoms with van der Waals surface area (Å²) in [6.45, 7) is 2.90. The van der Waals surface area contributed by atoms with Gasteiger partial charge in [0.1, 0.15) is 5.76 Å². The quantitative estimate of drug-likeness (QED) is 0.863. The largest absolute Gasteiger partial charge is 0.459 e. The van der Waals surface area contributed by atoms with Gasteiger partial charge in [-0.1, -0.05) is 0 Å². The lowest BCUT2D eigenvalue weighted by atomic mass is 10.3. The molecule has 0 atom stereocenters. The second-order valence-electron chi connectivity index (χ2n) is 3.41. The fourth-order valence-electron chi connectivity index (χ4n) is 1.34. The van der Waals surface area contributed by atoms with Gasteiger partial charge in [0.2, 0.25) is 0 Å². The molecule has 0 bridgehead atoms. The standard InChI is InChI=1S/C11H14N2OS/c1-8-3-4-10(14-8)11-13-9(7-15-11)5-6-12-2/h3-4,7,12H,5-6H2,1-2H3. The molecular weight excluding hydrogens is 208 g/mol. The van der Waals surface area contributed by atoms with Gasteiger partial charge in [0.05, 0.1) is 5.69 Å². The molecule has 0 aliphatic rings. The number of nitrogens with zero attached hydrogens (tertiary/aromatic N) is 1. The average Bonchev–Trinajstić information content (AvgIpc) is 2.83. The van der Waals surface area contributed by atoms with Gasteiger partial charge >= 0.3 is 0 Å². The number of furan rings is 1. The Morgan fingerprint density at radius 2 is 2.33 bits per heavy atom. The van der Waals surface area contributed by atoms with Crippen molar-refractivity contribution in [3.05, 3.63) is 29.0 Å². The molecule has 1 N–H and O–H groups in total. The van der Waals surface area contributed by atoms with Gasteiger partial charge in [0.15, 0.2) is 10.8 Å². The van der Waals surface area contributed by atoms with Crippen LogP contribution in [0.2, 0.25) is 0 Å². The maximum absolute atomic E-state index is 5.52. The third kappa shape index (κ3) is 2.46. The summed E-state index contributed by atoms with van der Waals surface area (Å²) in [5.74, 6) is 1.80. The molecule has 0 aromatic carbocycles. The highest BCUT2D eigenvalue weighted by Crippen LogP contribution is 2.25. The third-order valence-corrected chi connectivity index (χ3v) is 3.04. The molecule has 2 aromatic rings. The zero-order valence-electron chi connectivity index (χ0n) is 8.91. The van der Waals surface area contributed by atoms with E-state index in [9.17, 15) is 0 Å². The summed E-state index contributed by atoms with van der Waals surface area (Å²) in [6.07, 6.45) is 0.965. The molecule has 2 heterocycles. The molecular formula is C11H14N2OS. The van der Waals surface area contributed by atoms with Gasteiger partial charge in [0.25, 0.3) is 0 Å². The highest BCUT2D eigenvalue weighted by Gasteiger charge is 2.07. The van der Waals surface area contributed by atoms with E-state index >= 15 is 0 Å². The molecule has 0 saturated carbocycles. The van der Waals surface area contributed by atoms with E-state index in [1.165, 1.54) is 0 Å². The van der Waals surface area contributed by atoms with Gasteiger partial charge < -0.3 is 9.73 Å². The molecule has 0 amide bonds. The first-order valence-electron chi connectivity index (χ1n) is 4.95. The molecule has 2 aromatic heterocycles. The lowest BCUT2D eigenvalue weighted by molar-refractivity contribution is 0.547. The second-order valence-corrected chi connectivity index (χ2v) is 4.27. The van der Waals surface area contributed by atoms with Crippen LogP contribution in [0.4, 0.5) is 0 Å². The summed E-state index contributed by atoms with van der Waals surface area (Å²) in [4.78, 5) is 4.52. The van der Waals surface area contributed by atoms with Crippen molar-refractivity contribution in [1.82, 2.24) is 10.3 Å². The van der Waals surface area contributed by atoms with E-state index in [4.69, 9.17) is 4.42 Å². The molecule has 80 valence electrons. The van der Waals surface area contributed by atoms with Gasteiger partial charge in [-0.2, -0.15) is 0 Å². The molecule has 15 heavy (non-hydrogen) atoms. The first-order valence-corrected chi connectivity index (χ1v) is 5.83. The molecule has 4 heteroatoms. The lowest BCUT2D eigenvalue weighted by Gasteiger charge is -1.93. The third-order valence-electron chi connectivity index (χ3n) is 2.13. The Labute approximate surface area is 93.2 Å². The number of rotatable bonds is 4. The van der Waals surface area contributed by atoms with E-state index in [0.717, 1.165) is 35.2 Å². The van der Waals surface area contributed by atoms with Gasteiger partial charge in [0, 0.05) is 18.3 Å². The minimum atomic E-state index is 0.869. The van der Waals surface area contributed by atoms with E-state index in [2.05, 4.69) is 15.7 Å².